The van der Waals surface area contributed by atoms with Crippen molar-refractivity contribution in [3.63, 3.8) is 0 Å². The summed E-state index contributed by atoms with van der Waals surface area (Å²) in [5.41, 5.74) is 1.51. The molecule has 26 heavy (non-hydrogen) atoms. The van der Waals surface area contributed by atoms with E-state index in [1.807, 2.05) is 6.20 Å². The van der Waals surface area contributed by atoms with Crippen molar-refractivity contribution in [2.24, 2.45) is 10.4 Å². The Bertz CT molecular complexity index is 613. The van der Waals surface area contributed by atoms with Crippen LogP contribution in [0, 0.1) is 5.41 Å². The molecule has 144 valence electrons. The SMILES string of the molecule is CCNC(=NCc1ccc(N2CCOC(C)C2)nc1)N1CCC(C)(C)C1. The lowest BCUT2D eigenvalue weighted by molar-refractivity contribution is 0.0529. The van der Waals surface area contributed by atoms with Crippen LogP contribution in [0.1, 0.15) is 39.7 Å². The van der Waals surface area contributed by atoms with Crippen molar-refractivity contribution >= 4 is 11.8 Å². The molecule has 3 rings (SSSR count). The summed E-state index contributed by atoms with van der Waals surface area (Å²) in [6.07, 6.45) is 3.43. The third-order valence-electron chi connectivity index (χ3n) is 5.10. The molecule has 2 aliphatic rings. The van der Waals surface area contributed by atoms with Gasteiger partial charge in [-0.2, -0.15) is 0 Å². The van der Waals surface area contributed by atoms with Crippen molar-refractivity contribution in [3.8, 4) is 0 Å². The Hall–Kier alpha value is -1.82. The minimum Gasteiger partial charge on any atom is -0.375 e. The van der Waals surface area contributed by atoms with E-state index in [1.165, 1.54) is 6.42 Å². The van der Waals surface area contributed by atoms with Crippen LogP contribution in [0.2, 0.25) is 0 Å². The van der Waals surface area contributed by atoms with Gasteiger partial charge in [0.15, 0.2) is 5.96 Å². The van der Waals surface area contributed by atoms with Gasteiger partial charge < -0.3 is 19.9 Å². The van der Waals surface area contributed by atoms with Crippen molar-refractivity contribution < 1.29 is 4.74 Å². The summed E-state index contributed by atoms with van der Waals surface area (Å²) in [5, 5.41) is 3.43. The normalized spacial score (nSPS) is 23.4. The fourth-order valence-corrected chi connectivity index (χ4v) is 3.61. The highest BCUT2D eigenvalue weighted by Crippen LogP contribution is 2.28. The van der Waals surface area contributed by atoms with Crippen LogP contribution in [0.5, 0.6) is 0 Å². The summed E-state index contributed by atoms with van der Waals surface area (Å²) in [4.78, 5) is 14.2. The van der Waals surface area contributed by atoms with Gasteiger partial charge in [-0.05, 0) is 37.3 Å². The van der Waals surface area contributed by atoms with Gasteiger partial charge in [0.25, 0.3) is 0 Å². The quantitative estimate of drug-likeness (QED) is 0.661. The first-order valence-corrected chi connectivity index (χ1v) is 9.81. The topological polar surface area (TPSA) is 53.0 Å². The maximum absolute atomic E-state index is 5.61. The molecule has 1 atom stereocenters. The number of anilines is 1. The molecular weight excluding hydrogens is 326 g/mol. The highest BCUT2D eigenvalue weighted by Gasteiger charge is 2.30. The van der Waals surface area contributed by atoms with Gasteiger partial charge in [0.1, 0.15) is 5.82 Å². The standard InChI is InChI=1S/C20H33N5O/c1-5-21-19(25-9-8-20(3,4)15-25)23-13-17-6-7-18(22-12-17)24-10-11-26-16(2)14-24/h6-7,12,16H,5,8-11,13-15H2,1-4H3,(H,21,23). The summed E-state index contributed by atoms with van der Waals surface area (Å²) in [5.74, 6) is 2.05. The summed E-state index contributed by atoms with van der Waals surface area (Å²) < 4.78 is 5.61. The van der Waals surface area contributed by atoms with E-state index < -0.39 is 0 Å². The van der Waals surface area contributed by atoms with E-state index in [4.69, 9.17) is 9.73 Å². The number of ether oxygens (including phenoxy) is 1. The van der Waals surface area contributed by atoms with Crippen LogP contribution >= 0.6 is 0 Å². The van der Waals surface area contributed by atoms with Crippen LogP contribution < -0.4 is 10.2 Å². The molecule has 1 N–H and O–H groups in total. The van der Waals surface area contributed by atoms with E-state index in [9.17, 15) is 0 Å². The van der Waals surface area contributed by atoms with Gasteiger partial charge in [0.2, 0.25) is 0 Å². The molecule has 0 amide bonds. The molecule has 0 bridgehead atoms. The molecule has 2 aliphatic heterocycles. The number of morpholine rings is 1. The molecule has 1 aromatic rings. The van der Waals surface area contributed by atoms with Crippen molar-refractivity contribution in [2.75, 3.05) is 44.2 Å². The van der Waals surface area contributed by atoms with Crippen LogP contribution in [0.15, 0.2) is 23.3 Å². The molecule has 2 saturated heterocycles. The van der Waals surface area contributed by atoms with Gasteiger partial charge in [0, 0.05) is 38.9 Å². The first-order chi connectivity index (χ1) is 12.5. The van der Waals surface area contributed by atoms with E-state index in [1.54, 1.807) is 0 Å². The molecule has 1 unspecified atom stereocenters. The second-order valence-corrected chi connectivity index (χ2v) is 8.16. The van der Waals surface area contributed by atoms with Gasteiger partial charge in [-0.25, -0.2) is 9.98 Å². The third-order valence-corrected chi connectivity index (χ3v) is 5.10. The number of hydrogen-bond acceptors (Lipinski definition) is 4. The highest BCUT2D eigenvalue weighted by atomic mass is 16.5. The maximum Gasteiger partial charge on any atom is 0.194 e. The highest BCUT2D eigenvalue weighted by molar-refractivity contribution is 5.80. The number of nitrogens with zero attached hydrogens (tertiary/aromatic N) is 4. The van der Waals surface area contributed by atoms with E-state index in [2.05, 4.69) is 59.9 Å². The minimum atomic E-state index is 0.266. The molecule has 0 aromatic carbocycles. The van der Waals surface area contributed by atoms with Gasteiger partial charge in [0.05, 0.1) is 19.3 Å². The lowest BCUT2D eigenvalue weighted by atomic mass is 9.93. The lowest BCUT2D eigenvalue weighted by Crippen LogP contribution is -2.41. The molecule has 6 heteroatoms. The van der Waals surface area contributed by atoms with Crippen molar-refractivity contribution in [3.05, 3.63) is 23.9 Å². The molecule has 0 radical (unpaired) electrons. The number of aromatic nitrogens is 1. The second-order valence-electron chi connectivity index (χ2n) is 8.16. The van der Waals surface area contributed by atoms with E-state index >= 15 is 0 Å². The molecule has 2 fully saturated rings. The Kier molecular flexibility index (Phi) is 6.01. The zero-order chi connectivity index (χ0) is 18.6. The van der Waals surface area contributed by atoms with Crippen LogP contribution in [-0.4, -0.2) is 61.3 Å². The van der Waals surface area contributed by atoms with Gasteiger partial charge in [-0.3, -0.25) is 0 Å². The molecule has 0 saturated carbocycles. The van der Waals surface area contributed by atoms with Crippen molar-refractivity contribution in [1.29, 1.82) is 0 Å². The summed E-state index contributed by atoms with van der Waals surface area (Å²) in [7, 11) is 0. The minimum absolute atomic E-state index is 0.266. The van der Waals surface area contributed by atoms with Gasteiger partial charge in [-0.1, -0.05) is 19.9 Å². The monoisotopic (exact) mass is 359 g/mol. The van der Waals surface area contributed by atoms with E-state index in [0.717, 1.165) is 56.7 Å². The molecular formula is C20H33N5O. The number of pyridine rings is 1. The van der Waals surface area contributed by atoms with Crippen molar-refractivity contribution in [1.82, 2.24) is 15.2 Å². The molecule has 1 aromatic heterocycles. The summed E-state index contributed by atoms with van der Waals surface area (Å²) in [6, 6.07) is 4.25. The Balaban J connectivity index is 1.62. The third kappa shape index (κ3) is 4.87. The summed E-state index contributed by atoms with van der Waals surface area (Å²) >= 11 is 0. The van der Waals surface area contributed by atoms with Crippen molar-refractivity contribution in [2.45, 2.75) is 46.8 Å². The van der Waals surface area contributed by atoms with Gasteiger partial charge in [-0.15, -0.1) is 0 Å². The predicted octanol–water partition coefficient (Wildman–Crippen LogP) is 2.50. The first kappa shape index (κ1) is 19.0. The average Bonchev–Trinajstić information content (AvgIpc) is 2.99. The average molecular weight is 360 g/mol. The smallest absolute Gasteiger partial charge is 0.194 e. The zero-order valence-corrected chi connectivity index (χ0v) is 16.7. The largest absolute Gasteiger partial charge is 0.375 e. The number of guanidine groups is 1. The fourth-order valence-electron chi connectivity index (χ4n) is 3.61. The zero-order valence-electron chi connectivity index (χ0n) is 16.7. The number of hydrogen-bond donors (Lipinski definition) is 1. The molecule has 3 heterocycles. The summed E-state index contributed by atoms with van der Waals surface area (Å²) in [6.45, 7) is 15.1. The molecule has 6 nitrogen and oxygen atoms in total. The Morgan fingerprint density at radius 1 is 1.38 bits per heavy atom. The lowest BCUT2D eigenvalue weighted by Gasteiger charge is -2.32. The Morgan fingerprint density at radius 3 is 2.85 bits per heavy atom. The fraction of sp³-hybridized carbons (Fsp3) is 0.700. The Labute approximate surface area is 157 Å². The molecule has 0 aliphatic carbocycles. The number of aliphatic imine (C=N–C) groups is 1. The molecule has 0 spiro atoms. The van der Waals surface area contributed by atoms with E-state index in [-0.39, 0.29) is 6.10 Å². The van der Waals surface area contributed by atoms with Gasteiger partial charge >= 0.3 is 0 Å². The first-order valence-electron chi connectivity index (χ1n) is 9.81. The predicted molar refractivity (Wildman–Crippen MR) is 107 cm³/mol. The number of rotatable bonds is 4. The van der Waals surface area contributed by atoms with Crippen LogP contribution in [0.25, 0.3) is 0 Å². The number of nitrogens with one attached hydrogen (secondary N) is 1. The Morgan fingerprint density at radius 2 is 2.23 bits per heavy atom. The maximum atomic E-state index is 5.61. The van der Waals surface area contributed by atoms with Crippen LogP contribution in [0.4, 0.5) is 5.82 Å². The van der Waals surface area contributed by atoms with E-state index in [0.29, 0.717) is 12.0 Å². The number of likely N-dealkylation sites (tertiary alicyclic amines) is 1. The second kappa shape index (κ2) is 8.25. The van der Waals surface area contributed by atoms with Crippen LogP contribution in [-0.2, 0) is 11.3 Å². The van der Waals surface area contributed by atoms with Crippen LogP contribution in [0.3, 0.4) is 0 Å².